The molecular weight excluding hydrogens is 470 g/mol. The van der Waals surface area contributed by atoms with Crippen molar-refractivity contribution in [1.29, 1.82) is 0 Å². The summed E-state index contributed by atoms with van der Waals surface area (Å²) in [4.78, 5) is 33.6. The van der Waals surface area contributed by atoms with Gasteiger partial charge in [0.1, 0.15) is 5.76 Å². The van der Waals surface area contributed by atoms with Crippen LogP contribution in [0.25, 0.3) is 11.2 Å². The van der Waals surface area contributed by atoms with Crippen molar-refractivity contribution in [2.75, 3.05) is 12.3 Å². The van der Waals surface area contributed by atoms with Gasteiger partial charge >= 0.3 is 0 Å². The molecule has 9 heteroatoms. The Morgan fingerprint density at radius 1 is 1.16 bits per heavy atom. The Labute approximate surface area is 220 Å². The molecule has 0 amide bonds. The maximum atomic E-state index is 12.1. The van der Waals surface area contributed by atoms with E-state index < -0.39 is 6.10 Å². The molecule has 3 atom stereocenters. The van der Waals surface area contributed by atoms with Crippen LogP contribution in [-0.4, -0.2) is 37.3 Å². The summed E-state index contributed by atoms with van der Waals surface area (Å²) in [7, 11) is 0. The van der Waals surface area contributed by atoms with Crippen LogP contribution in [0.15, 0.2) is 35.6 Å². The molecule has 1 fully saturated rings. The molecule has 3 rings (SSSR count). The number of aromatic nitrogens is 4. The number of nitrogens with zero attached hydrogens (tertiary/aromatic N) is 3. The Balaban J connectivity index is 1.27. The molecule has 2 aromatic heterocycles. The zero-order valence-corrected chi connectivity index (χ0v) is 22.4. The van der Waals surface area contributed by atoms with E-state index in [1.165, 1.54) is 38.5 Å². The Morgan fingerprint density at radius 2 is 1.86 bits per heavy atom. The minimum atomic E-state index is -0.459. The first-order valence-corrected chi connectivity index (χ1v) is 14.0. The van der Waals surface area contributed by atoms with Gasteiger partial charge in [0.15, 0.2) is 11.2 Å². The van der Waals surface area contributed by atoms with Crippen molar-refractivity contribution in [3.63, 3.8) is 0 Å². The van der Waals surface area contributed by atoms with Gasteiger partial charge in [0.2, 0.25) is 5.95 Å². The van der Waals surface area contributed by atoms with Gasteiger partial charge < -0.3 is 20.3 Å². The van der Waals surface area contributed by atoms with Gasteiger partial charge in [0, 0.05) is 12.3 Å². The summed E-state index contributed by atoms with van der Waals surface area (Å²) in [5.41, 5.74) is 7.01. The molecule has 9 nitrogen and oxygen atoms in total. The van der Waals surface area contributed by atoms with Crippen molar-refractivity contribution < 1.29 is 14.9 Å². The molecular formula is C28H45N5O4. The number of nitrogens with two attached hydrogens (primary N) is 1. The van der Waals surface area contributed by atoms with Crippen LogP contribution in [-0.2, 0) is 9.78 Å². The minimum absolute atomic E-state index is 0.0360. The molecule has 37 heavy (non-hydrogen) atoms. The summed E-state index contributed by atoms with van der Waals surface area (Å²) in [6.07, 6.45) is 16.1. The molecule has 4 N–H and O–H groups in total. The van der Waals surface area contributed by atoms with Crippen molar-refractivity contribution in [3.8, 4) is 0 Å². The molecule has 1 saturated carbocycles. The molecule has 1 aliphatic carbocycles. The Kier molecular flexibility index (Phi) is 11.7. The number of aromatic amines is 1. The Bertz CT molecular complexity index is 1060. The lowest BCUT2D eigenvalue weighted by atomic mass is 9.94. The highest BCUT2D eigenvalue weighted by Crippen LogP contribution is 2.42. The smallest absolute Gasteiger partial charge is 0.280 e. The molecule has 2 aromatic rings. The number of unbranched alkanes of at least 4 members (excludes halogenated alkanes) is 9. The summed E-state index contributed by atoms with van der Waals surface area (Å²) in [6.45, 7) is 11.1. The van der Waals surface area contributed by atoms with Gasteiger partial charge in [-0.3, -0.25) is 9.78 Å². The molecule has 0 radical (unpaired) electrons. The van der Waals surface area contributed by atoms with Gasteiger partial charge in [0.25, 0.3) is 5.56 Å². The predicted octanol–water partition coefficient (Wildman–Crippen LogP) is 5.73. The average molecular weight is 516 g/mol. The maximum absolute atomic E-state index is 12.1. The van der Waals surface area contributed by atoms with Crippen molar-refractivity contribution in [1.82, 2.24) is 19.5 Å². The number of nitrogen functional groups attached to an aromatic ring is 1. The zero-order valence-electron chi connectivity index (χ0n) is 22.4. The number of imidazole rings is 1. The first-order valence-electron chi connectivity index (χ1n) is 14.0. The third-order valence-corrected chi connectivity index (χ3v) is 7.35. The molecule has 0 bridgehead atoms. The number of H-pyrrole nitrogens is 1. The van der Waals surface area contributed by atoms with E-state index in [1.54, 1.807) is 6.33 Å². The average Bonchev–Trinajstić information content (AvgIpc) is 3.40. The fourth-order valence-electron chi connectivity index (χ4n) is 5.20. The van der Waals surface area contributed by atoms with Crippen LogP contribution in [0.1, 0.15) is 103 Å². The monoisotopic (exact) mass is 515 g/mol. The van der Waals surface area contributed by atoms with Crippen LogP contribution >= 0.6 is 0 Å². The van der Waals surface area contributed by atoms with Crippen molar-refractivity contribution >= 4 is 17.1 Å². The second-order valence-electron chi connectivity index (χ2n) is 10.3. The van der Waals surface area contributed by atoms with Crippen molar-refractivity contribution in [3.05, 3.63) is 41.2 Å². The number of anilines is 1. The highest BCUT2D eigenvalue weighted by atomic mass is 17.2. The van der Waals surface area contributed by atoms with E-state index in [2.05, 4.69) is 35.0 Å². The molecule has 206 valence electrons. The van der Waals surface area contributed by atoms with E-state index in [0.29, 0.717) is 24.4 Å². The van der Waals surface area contributed by atoms with Gasteiger partial charge in [-0.05, 0) is 31.3 Å². The number of hydrogen-bond donors (Lipinski definition) is 3. The van der Waals surface area contributed by atoms with Crippen molar-refractivity contribution in [2.45, 2.75) is 109 Å². The largest absolute Gasteiger partial charge is 0.392 e. The predicted molar refractivity (Wildman–Crippen MR) is 147 cm³/mol. The second-order valence-corrected chi connectivity index (χ2v) is 10.3. The second kappa shape index (κ2) is 14.9. The molecule has 0 saturated heterocycles. The number of aliphatic hydroxyl groups is 1. The number of rotatable bonds is 18. The van der Waals surface area contributed by atoms with Crippen LogP contribution in [0.2, 0.25) is 0 Å². The highest BCUT2D eigenvalue weighted by Gasteiger charge is 2.37. The number of allylic oxidation sites excluding steroid dienone is 1. The molecule has 0 unspecified atom stereocenters. The Morgan fingerprint density at radius 3 is 2.65 bits per heavy atom. The quantitative estimate of drug-likeness (QED) is 0.0760. The Hall–Kier alpha value is -2.65. The topological polar surface area (TPSA) is 128 Å². The third-order valence-electron chi connectivity index (χ3n) is 7.35. The van der Waals surface area contributed by atoms with Crippen LogP contribution in [0, 0.1) is 5.92 Å². The fraction of sp³-hybridized carbons (Fsp3) is 0.679. The van der Waals surface area contributed by atoms with Gasteiger partial charge in [-0.25, -0.2) is 4.98 Å². The fourth-order valence-corrected chi connectivity index (χ4v) is 5.20. The lowest BCUT2D eigenvalue weighted by molar-refractivity contribution is -0.264. The lowest BCUT2D eigenvalue weighted by Gasteiger charge is -2.17. The van der Waals surface area contributed by atoms with Crippen LogP contribution < -0.4 is 11.3 Å². The normalized spacial score (nSPS) is 19.6. The standard InChI is InChI=1S/C28H45N5O4/c1-4-5-6-11-14-17-36-37-20(2)15-12-9-7-8-10-13-16-22-21(3)23(18-24(22)34)33-19-30-25-26(33)31-28(29)32-27(25)35/h19,22-24,34H,2-18H2,1H3,(H3,29,31,32,35)/t22-,23-,24-/m0/s1. The first-order chi connectivity index (χ1) is 17.9. The van der Waals surface area contributed by atoms with E-state index in [4.69, 9.17) is 15.5 Å². The SMILES string of the molecule is C=C(CCCCCCCC[C@H]1C(=C)[C@@H](n2cnc3c(=O)[nH]c(N)nc32)C[C@@H]1O)OOCCCCCCC. The maximum Gasteiger partial charge on any atom is 0.280 e. The van der Waals surface area contributed by atoms with Crippen molar-refractivity contribution in [2.24, 2.45) is 5.92 Å². The molecule has 0 spiro atoms. The molecule has 2 heterocycles. The lowest BCUT2D eigenvalue weighted by Crippen LogP contribution is -2.14. The van der Waals surface area contributed by atoms with Gasteiger partial charge in [0.05, 0.1) is 25.1 Å². The summed E-state index contributed by atoms with van der Waals surface area (Å²) >= 11 is 0. The van der Waals surface area contributed by atoms with Gasteiger partial charge in [-0.2, -0.15) is 9.87 Å². The summed E-state index contributed by atoms with van der Waals surface area (Å²) in [5, 5.41) is 10.7. The zero-order chi connectivity index (χ0) is 26.6. The van der Waals surface area contributed by atoms with E-state index in [1.807, 2.05) is 4.57 Å². The minimum Gasteiger partial charge on any atom is -0.392 e. The number of aliphatic hydroxyl groups excluding tert-OH is 1. The molecule has 0 aromatic carbocycles. The summed E-state index contributed by atoms with van der Waals surface area (Å²) < 4.78 is 1.82. The van der Waals surface area contributed by atoms with Gasteiger partial charge in [-0.15, -0.1) is 0 Å². The van der Waals surface area contributed by atoms with E-state index in [-0.39, 0.29) is 29.0 Å². The number of hydrogen-bond acceptors (Lipinski definition) is 7. The van der Waals surface area contributed by atoms with Crippen LogP contribution in [0.3, 0.4) is 0 Å². The number of nitrogens with one attached hydrogen (secondary N) is 1. The first kappa shape index (κ1) is 28.9. The highest BCUT2D eigenvalue weighted by molar-refractivity contribution is 5.70. The van der Waals surface area contributed by atoms with Crippen LogP contribution in [0.5, 0.6) is 0 Å². The third kappa shape index (κ3) is 8.43. The van der Waals surface area contributed by atoms with Gasteiger partial charge in [-0.1, -0.05) is 77.9 Å². The molecule has 1 aliphatic rings. The van der Waals surface area contributed by atoms with Crippen LogP contribution in [0.4, 0.5) is 5.95 Å². The summed E-state index contributed by atoms with van der Waals surface area (Å²) in [5.74, 6) is 0.803. The van der Waals surface area contributed by atoms with E-state index in [9.17, 15) is 9.90 Å². The molecule has 0 aliphatic heterocycles. The number of fused-ring (bicyclic) bond motifs is 1. The van der Waals surface area contributed by atoms with E-state index >= 15 is 0 Å². The summed E-state index contributed by atoms with van der Waals surface area (Å²) in [6, 6.07) is -0.140. The van der Waals surface area contributed by atoms with E-state index in [0.717, 1.165) is 50.5 Å².